The quantitative estimate of drug-likeness (QED) is 0.645. The number of carbonyl (C=O) groups is 1. The molecule has 2 aromatic rings. The van der Waals surface area contributed by atoms with Gasteiger partial charge in [-0.05, 0) is 50.8 Å². The Hall–Kier alpha value is -2.80. The first kappa shape index (κ1) is 18.5. The van der Waals surface area contributed by atoms with Crippen LogP contribution in [0.25, 0.3) is 0 Å². The second-order valence-electron chi connectivity index (χ2n) is 6.00. The summed E-state index contributed by atoms with van der Waals surface area (Å²) in [4.78, 5) is 24.6. The highest BCUT2D eigenvalue weighted by atomic mass is 19.1. The minimum Gasteiger partial charge on any atom is -0.350 e. The van der Waals surface area contributed by atoms with E-state index < -0.39 is 4.92 Å². The summed E-state index contributed by atoms with van der Waals surface area (Å²) in [6, 6.07) is 10.3. The lowest BCUT2D eigenvalue weighted by atomic mass is 10.1. The van der Waals surface area contributed by atoms with E-state index in [9.17, 15) is 19.3 Å². The van der Waals surface area contributed by atoms with Crippen LogP contribution in [0.5, 0.6) is 0 Å². The van der Waals surface area contributed by atoms with Crippen molar-refractivity contribution in [3.8, 4) is 0 Å². The predicted octanol–water partition coefficient (Wildman–Crippen LogP) is 3.08. The first-order chi connectivity index (χ1) is 11.8. The monoisotopic (exact) mass is 345 g/mol. The van der Waals surface area contributed by atoms with Gasteiger partial charge in [-0.2, -0.15) is 0 Å². The molecule has 0 saturated carbocycles. The van der Waals surface area contributed by atoms with Crippen molar-refractivity contribution in [3.05, 3.63) is 75.1 Å². The maximum absolute atomic E-state index is 13.1. The van der Waals surface area contributed by atoms with Crippen molar-refractivity contribution in [2.75, 3.05) is 20.6 Å². The zero-order valence-corrected chi connectivity index (χ0v) is 14.3. The minimum atomic E-state index is -0.479. The van der Waals surface area contributed by atoms with Crippen LogP contribution in [0.1, 0.15) is 27.5 Å². The van der Waals surface area contributed by atoms with Crippen LogP contribution in [-0.2, 0) is 0 Å². The molecule has 0 aromatic heterocycles. The molecule has 0 fully saturated rings. The highest BCUT2D eigenvalue weighted by Gasteiger charge is 2.17. The maximum Gasteiger partial charge on any atom is 0.272 e. The smallest absolute Gasteiger partial charge is 0.272 e. The number of hydrogen-bond donors (Lipinski definition) is 1. The number of benzene rings is 2. The molecule has 0 aliphatic rings. The molecule has 1 N–H and O–H groups in total. The molecule has 1 atom stereocenters. The maximum atomic E-state index is 13.1. The Bertz CT molecular complexity index is 776. The largest absolute Gasteiger partial charge is 0.350 e. The lowest BCUT2D eigenvalue weighted by molar-refractivity contribution is -0.385. The molecular formula is C18H20FN3O3. The van der Waals surface area contributed by atoms with Crippen molar-refractivity contribution < 1.29 is 14.1 Å². The molecule has 0 radical (unpaired) electrons. The SMILES string of the molecule is Cc1cc(C(=O)NC[C@@H](c2ccc(F)cc2)N(C)C)ccc1[N+](=O)[O-]. The molecule has 0 saturated heterocycles. The fourth-order valence-electron chi connectivity index (χ4n) is 2.58. The van der Waals surface area contributed by atoms with E-state index in [0.717, 1.165) is 5.56 Å². The molecule has 0 aliphatic heterocycles. The number of nitro benzene ring substituents is 1. The molecule has 0 spiro atoms. The van der Waals surface area contributed by atoms with Crippen LogP contribution < -0.4 is 5.32 Å². The molecule has 2 aromatic carbocycles. The number of nitrogens with one attached hydrogen (secondary N) is 1. The first-order valence-corrected chi connectivity index (χ1v) is 7.74. The molecule has 0 bridgehead atoms. The number of rotatable bonds is 6. The van der Waals surface area contributed by atoms with Crippen LogP contribution >= 0.6 is 0 Å². The van der Waals surface area contributed by atoms with Crippen molar-refractivity contribution in [2.45, 2.75) is 13.0 Å². The van der Waals surface area contributed by atoms with E-state index in [4.69, 9.17) is 0 Å². The summed E-state index contributed by atoms with van der Waals surface area (Å²) in [5.74, 6) is -0.626. The summed E-state index contributed by atoms with van der Waals surface area (Å²) in [6.07, 6.45) is 0. The van der Waals surface area contributed by atoms with Crippen LogP contribution in [0.3, 0.4) is 0 Å². The zero-order valence-electron chi connectivity index (χ0n) is 14.3. The summed E-state index contributed by atoms with van der Waals surface area (Å²) in [5, 5.41) is 13.7. The van der Waals surface area contributed by atoms with Gasteiger partial charge in [0.15, 0.2) is 0 Å². The van der Waals surface area contributed by atoms with Gasteiger partial charge in [0.2, 0.25) is 0 Å². The van der Waals surface area contributed by atoms with Gasteiger partial charge in [0.1, 0.15) is 5.82 Å². The lowest BCUT2D eigenvalue weighted by Crippen LogP contribution is -2.34. The fourth-order valence-corrected chi connectivity index (χ4v) is 2.58. The van der Waals surface area contributed by atoms with Crippen LogP contribution in [0.15, 0.2) is 42.5 Å². The first-order valence-electron chi connectivity index (χ1n) is 7.74. The van der Waals surface area contributed by atoms with Crippen LogP contribution in [0.4, 0.5) is 10.1 Å². The van der Waals surface area contributed by atoms with Gasteiger partial charge in [0, 0.05) is 23.7 Å². The number of carbonyl (C=O) groups excluding carboxylic acids is 1. The average molecular weight is 345 g/mol. The minimum absolute atomic E-state index is 0.0194. The number of nitrogens with zero attached hydrogens (tertiary/aromatic N) is 2. The Kier molecular flexibility index (Phi) is 5.82. The van der Waals surface area contributed by atoms with E-state index >= 15 is 0 Å². The highest BCUT2D eigenvalue weighted by molar-refractivity contribution is 5.94. The lowest BCUT2D eigenvalue weighted by Gasteiger charge is -2.25. The summed E-state index contributed by atoms with van der Waals surface area (Å²) in [7, 11) is 3.74. The van der Waals surface area contributed by atoms with Gasteiger partial charge in [0.05, 0.1) is 11.0 Å². The highest BCUT2D eigenvalue weighted by Crippen LogP contribution is 2.20. The molecule has 6 nitrogen and oxygen atoms in total. The van der Waals surface area contributed by atoms with Crippen LogP contribution in [0, 0.1) is 22.9 Å². The van der Waals surface area contributed by atoms with E-state index in [1.54, 1.807) is 19.1 Å². The number of halogens is 1. The number of nitro groups is 1. The Morgan fingerprint density at radius 1 is 1.24 bits per heavy atom. The molecule has 1 amide bonds. The van der Waals surface area contributed by atoms with E-state index in [1.807, 2.05) is 19.0 Å². The topological polar surface area (TPSA) is 75.5 Å². The predicted molar refractivity (Wildman–Crippen MR) is 93.0 cm³/mol. The van der Waals surface area contributed by atoms with Crippen molar-refractivity contribution in [3.63, 3.8) is 0 Å². The zero-order chi connectivity index (χ0) is 18.6. The van der Waals surface area contributed by atoms with Gasteiger partial charge in [-0.3, -0.25) is 14.9 Å². The molecule has 7 heteroatoms. The number of likely N-dealkylation sites (N-methyl/N-ethyl adjacent to an activating group) is 1. The van der Waals surface area contributed by atoms with Gasteiger partial charge in [0.25, 0.3) is 11.6 Å². The fraction of sp³-hybridized carbons (Fsp3) is 0.278. The number of aryl methyl sites for hydroxylation is 1. The van der Waals surface area contributed by atoms with E-state index in [0.29, 0.717) is 17.7 Å². The number of hydrogen-bond acceptors (Lipinski definition) is 4. The van der Waals surface area contributed by atoms with E-state index in [1.165, 1.54) is 30.3 Å². The molecular weight excluding hydrogens is 325 g/mol. The van der Waals surface area contributed by atoms with Crippen molar-refractivity contribution in [1.29, 1.82) is 0 Å². The third-order valence-corrected chi connectivity index (χ3v) is 3.99. The Morgan fingerprint density at radius 3 is 2.40 bits per heavy atom. The summed E-state index contributed by atoms with van der Waals surface area (Å²) in [6.45, 7) is 1.92. The third kappa shape index (κ3) is 4.60. The Labute approximate surface area is 145 Å². The van der Waals surface area contributed by atoms with Crippen molar-refractivity contribution in [2.24, 2.45) is 0 Å². The molecule has 25 heavy (non-hydrogen) atoms. The third-order valence-electron chi connectivity index (χ3n) is 3.99. The van der Waals surface area contributed by atoms with Crippen molar-refractivity contribution >= 4 is 11.6 Å². The summed E-state index contributed by atoms with van der Waals surface area (Å²) < 4.78 is 13.1. The Morgan fingerprint density at radius 2 is 1.88 bits per heavy atom. The molecule has 0 heterocycles. The average Bonchev–Trinajstić information content (AvgIpc) is 2.55. The van der Waals surface area contributed by atoms with Gasteiger partial charge < -0.3 is 10.2 Å². The number of amides is 1. The summed E-state index contributed by atoms with van der Waals surface area (Å²) in [5.41, 5.74) is 1.65. The van der Waals surface area contributed by atoms with Gasteiger partial charge in [-0.15, -0.1) is 0 Å². The van der Waals surface area contributed by atoms with Crippen LogP contribution in [0.2, 0.25) is 0 Å². The van der Waals surface area contributed by atoms with Gasteiger partial charge in [-0.25, -0.2) is 4.39 Å². The normalized spacial score (nSPS) is 12.0. The standard InChI is InChI=1S/C18H20FN3O3/c1-12-10-14(6-9-16(12)22(24)25)18(23)20-11-17(21(2)3)13-4-7-15(19)8-5-13/h4-10,17H,11H2,1-3H3,(H,20,23)/t17-/m0/s1. The van der Waals surface area contributed by atoms with Gasteiger partial charge in [-0.1, -0.05) is 12.1 Å². The summed E-state index contributed by atoms with van der Waals surface area (Å²) >= 11 is 0. The van der Waals surface area contributed by atoms with Crippen LogP contribution in [-0.4, -0.2) is 36.4 Å². The molecule has 0 aliphatic carbocycles. The second kappa shape index (κ2) is 7.85. The second-order valence-corrected chi connectivity index (χ2v) is 6.00. The van der Waals surface area contributed by atoms with Crippen molar-refractivity contribution in [1.82, 2.24) is 10.2 Å². The Balaban J connectivity index is 2.10. The van der Waals surface area contributed by atoms with E-state index in [2.05, 4.69) is 5.32 Å². The molecule has 2 rings (SSSR count). The van der Waals surface area contributed by atoms with E-state index in [-0.39, 0.29) is 23.5 Å². The molecule has 0 unspecified atom stereocenters. The van der Waals surface area contributed by atoms with Gasteiger partial charge >= 0.3 is 0 Å². The molecule has 132 valence electrons.